The molecule has 0 aliphatic heterocycles. The highest BCUT2D eigenvalue weighted by molar-refractivity contribution is 5.67. The summed E-state index contributed by atoms with van der Waals surface area (Å²) in [6, 6.07) is 2.58. The highest BCUT2D eigenvalue weighted by atomic mass is 19.2. The maximum Gasteiger partial charge on any atom is 0.183 e. The van der Waals surface area contributed by atoms with Crippen LogP contribution < -0.4 is 11.1 Å². The molecule has 1 fully saturated rings. The lowest BCUT2D eigenvalue weighted by Gasteiger charge is -2.12. The van der Waals surface area contributed by atoms with Gasteiger partial charge in [0.15, 0.2) is 11.6 Å². The van der Waals surface area contributed by atoms with Crippen molar-refractivity contribution in [1.29, 1.82) is 0 Å². The topological polar surface area (TPSA) is 38.0 Å². The van der Waals surface area contributed by atoms with E-state index >= 15 is 0 Å². The molecule has 2 rings (SSSR count). The van der Waals surface area contributed by atoms with Crippen molar-refractivity contribution < 1.29 is 8.78 Å². The molecule has 15 heavy (non-hydrogen) atoms. The van der Waals surface area contributed by atoms with E-state index in [0.717, 1.165) is 12.5 Å². The van der Waals surface area contributed by atoms with E-state index in [1.807, 2.05) is 0 Å². The lowest BCUT2D eigenvalue weighted by atomic mass is 10.2. The van der Waals surface area contributed by atoms with Gasteiger partial charge in [0, 0.05) is 6.04 Å². The van der Waals surface area contributed by atoms with Gasteiger partial charge in [-0.25, -0.2) is 8.78 Å². The Labute approximate surface area is 87.5 Å². The van der Waals surface area contributed by atoms with Gasteiger partial charge in [0.25, 0.3) is 0 Å². The second-order valence-electron chi connectivity index (χ2n) is 4.72. The van der Waals surface area contributed by atoms with Gasteiger partial charge in [0.1, 0.15) is 0 Å². The van der Waals surface area contributed by atoms with Crippen molar-refractivity contribution in [2.45, 2.75) is 26.3 Å². The molecule has 0 radical (unpaired) electrons. The summed E-state index contributed by atoms with van der Waals surface area (Å²) in [6.07, 6.45) is 0.947. The first-order chi connectivity index (χ1) is 6.92. The Hall–Kier alpha value is -1.32. The minimum Gasteiger partial charge on any atom is -0.397 e. The summed E-state index contributed by atoms with van der Waals surface area (Å²) in [5.41, 5.74) is 6.07. The highest BCUT2D eigenvalue weighted by Gasteiger charge is 2.46. The zero-order chi connectivity index (χ0) is 11.2. The maximum absolute atomic E-state index is 13.4. The number of nitrogen functional groups attached to an aromatic ring is 1. The van der Waals surface area contributed by atoms with E-state index in [4.69, 9.17) is 5.73 Å². The molecule has 3 N–H and O–H groups in total. The number of nitrogens with two attached hydrogens (primary N) is 1. The molecule has 1 aromatic rings. The predicted molar refractivity (Wildman–Crippen MR) is 56.6 cm³/mol. The zero-order valence-corrected chi connectivity index (χ0v) is 8.77. The van der Waals surface area contributed by atoms with E-state index < -0.39 is 11.6 Å². The van der Waals surface area contributed by atoms with Gasteiger partial charge in [0.2, 0.25) is 0 Å². The van der Waals surface area contributed by atoms with Gasteiger partial charge in [-0.05, 0) is 24.0 Å². The molecule has 4 heteroatoms. The molecule has 2 nitrogen and oxygen atoms in total. The molecule has 0 amide bonds. The van der Waals surface area contributed by atoms with Crippen LogP contribution in [0.4, 0.5) is 20.2 Å². The Kier molecular flexibility index (Phi) is 2.10. The Balaban J connectivity index is 2.25. The van der Waals surface area contributed by atoms with Gasteiger partial charge in [-0.1, -0.05) is 13.8 Å². The number of rotatable bonds is 2. The van der Waals surface area contributed by atoms with Gasteiger partial charge < -0.3 is 11.1 Å². The van der Waals surface area contributed by atoms with Crippen LogP contribution in [0.3, 0.4) is 0 Å². The summed E-state index contributed by atoms with van der Waals surface area (Å²) in [4.78, 5) is 0. The average molecular weight is 212 g/mol. The predicted octanol–water partition coefficient (Wildman–Crippen LogP) is 2.76. The van der Waals surface area contributed by atoms with E-state index in [2.05, 4.69) is 19.2 Å². The molecular weight excluding hydrogens is 198 g/mol. The summed E-state index contributed by atoms with van der Waals surface area (Å²) in [5.74, 6) is -1.76. The first-order valence-electron chi connectivity index (χ1n) is 4.92. The molecule has 1 aliphatic rings. The van der Waals surface area contributed by atoms with E-state index in [1.165, 1.54) is 6.07 Å². The SMILES string of the molecule is CC1(C)CC1Nc1c(N)ccc(F)c1F. The molecule has 1 atom stereocenters. The molecule has 0 heterocycles. The van der Waals surface area contributed by atoms with Gasteiger partial charge in [-0.15, -0.1) is 0 Å². The van der Waals surface area contributed by atoms with Crippen LogP contribution in [0.2, 0.25) is 0 Å². The summed E-state index contributed by atoms with van der Waals surface area (Å²) in [5, 5.41) is 2.94. The maximum atomic E-state index is 13.4. The second kappa shape index (κ2) is 3.08. The first kappa shape index (κ1) is 10.2. The molecule has 0 bridgehead atoms. The Morgan fingerprint density at radius 2 is 2.00 bits per heavy atom. The van der Waals surface area contributed by atoms with Crippen molar-refractivity contribution in [2.24, 2.45) is 5.41 Å². The zero-order valence-electron chi connectivity index (χ0n) is 8.77. The van der Waals surface area contributed by atoms with Crippen LogP contribution in [-0.2, 0) is 0 Å². The molecule has 0 saturated heterocycles. The highest BCUT2D eigenvalue weighted by Crippen LogP contribution is 2.47. The van der Waals surface area contributed by atoms with Crippen molar-refractivity contribution in [3.8, 4) is 0 Å². The third kappa shape index (κ3) is 1.76. The van der Waals surface area contributed by atoms with Gasteiger partial charge in [0.05, 0.1) is 11.4 Å². The van der Waals surface area contributed by atoms with Crippen molar-refractivity contribution >= 4 is 11.4 Å². The fourth-order valence-corrected chi connectivity index (χ4v) is 1.60. The smallest absolute Gasteiger partial charge is 0.183 e. The van der Waals surface area contributed by atoms with Crippen LogP contribution >= 0.6 is 0 Å². The molecule has 0 spiro atoms. The Bertz CT molecular complexity index is 402. The standard InChI is InChI=1S/C11H14F2N2/c1-11(2)5-8(11)15-10-7(14)4-3-6(12)9(10)13/h3-4,8,15H,5,14H2,1-2H3. The fourth-order valence-electron chi connectivity index (χ4n) is 1.60. The Morgan fingerprint density at radius 3 is 2.53 bits per heavy atom. The van der Waals surface area contributed by atoms with Gasteiger partial charge >= 0.3 is 0 Å². The van der Waals surface area contributed by atoms with E-state index in [1.54, 1.807) is 0 Å². The van der Waals surface area contributed by atoms with Crippen LogP contribution in [0.15, 0.2) is 12.1 Å². The summed E-state index contributed by atoms with van der Waals surface area (Å²) in [6.45, 7) is 4.14. The number of anilines is 2. The van der Waals surface area contributed by atoms with Crippen LogP contribution in [0.5, 0.6) is 0 Å². The quantitative estimate of drug-likeness (QED) is 0.740. The van der Waals surface area contributed by atoms with Gasteiger partial charge in [-0.3, -0.25) is 0 Å². The number of hydrogen-bond donors (Lipinski definition) is 2. The molecule has 1 unspecified atom stereocenters. The summed E-state index contributed by atoms with van der Waals surface area (Å²) >= 11 is 0. The van der Waals surface area contributed by atoms with Crippen LogP contribution in [-0.4, -0.2) is 6.04 Å². The monoisotopic (exact) mass is 212 g/mol. The lowest BCUT2D eigenvalue weighted by molar-refractivity contribution is 0.510. The number of hydrogen-bond acceptors (Lipinski definition) is 2. The minimum absolute atomic E-state index is 0.0885. The van der Waals surface area contributed by atoms with E-state index in [-0.39, 0.29) is 22.8 Å². The molecular formula is C11H14F2N2. The number of halogens is 2. The van der Waals surface area contributed by atoms with Crippen LogP contribution in [0.25, 0.3) is 0 Å². The molecule has 1 aliphatic carbocycles. The molecule has 82 valence electrons. The van der Waals surface area contributed by atoms with E-state index in [0.29, 0.717) is 0 Å². The van der Waals surface area contributed by atoms with E-state index in [9.17, 15) is 8.78 Å². The van der Waals surface area contributed by atoms with Crippen molar-refractivity contribution in [1.82, 2.24) is 0 Å². The summed E-state index contributed by atoms with van der Waals surface area (Å²) in [7, 11) is 0. The third-order valence-electron chi connectivity index (χ3n) is 2.96. The summed E-state index contributed by atoms with van der Waals surface area (Å²) < 4.78 is 26.3. The minimum atomic E-state index is -0.891. The third-order valence-corrected chi connectivity index (χ3v) is 2.96. The largest absolute Gasteiger partial charge is 0.397 e. The lowest BCUT2D eigenvalue weighted by Crippen LogP contribution is -2.12. The first-order valence-corrected chi connectivity index (χ1v) is 4.92. The number of benzene rings is 1. The molecule has 1 saturated carbocycles. The normalized spacial score (nSPS) is 22.5. The van der Waals surface area contributed by atoms with Gasteiger partial charge in [-0.2, -0.15) is 0 Å². The van der Waals surface area contributed by atoms with Crippen molar-refractivity contribution in [3.63, 3.8) is 0 Å². The average Bonchev–Trinajstić information content (AvgIpc) is 2.75. The number of nitrogens with one attached hydrogen (secondary N) is 1. The van der Waals surface area contributed by atoms with Crippen molar-refractivity contribution in [3.05, 3.63) is 23.8 Å². The van der Waals surface area contributed by atoms with Crippen LogP contribution in [0, 0.1) is 17.0 Å². The Morgan fingerprint density at radius 1 is 1.40 bits per heavy atom. The molecule has 0 aromatic heterocycles. The molecule has 1 aromatic carbocycles. The second-order valence-corrected chi connectivity index (χ2v) is 4.72. The van der Waals surface area contributed by atoms with Crippen LogP contribution in [0.1, 0.15) is 20.3 Å². The van der Waals surface area contributed by atoms with Crippen molar-refractivity contribution in [2.75, 3.05) is 11.1 Å². The fraction of sp³-hybridized carbons (Fsp3) is 0.455.